The molecule has 0 aromatic rings. The van der Waals surface area contributed by atoms with E-state index in [9.17, 15) is 0 Å². The molecule has 0 aromatic carbocycles. The van der Waals surface area contributed by atoms with Crippen molar-refractivity contribution >= 4 is 7.69 Å². The van der Waals surface area contributed by atoms with Crippen LogP contribution in [0.2, 0.25) is 0 Å². The maximum atomic E-state index is 9.10. The van der Waals surface area contributed by atoms with Gasteiger partial charge in [-0.2, -0.15) is 0 Å². The van der Waals surface area contributed by atoms with Gasteiger partial charge in [-0.1, -0.05) is 0 Å². The quantitative estimate of drug-likeness (QED) is 0.383. The Labute approximate surface area is 92.7 Å². The average molecular weight is 223 g/mol. The monoisotopic (exact) mass is 223 g/mol. The Kier molecular flexibility index (Phi) is 12.3. The molecule has 0 amide bonds. The van der Waals surface area contributed by atoms with Crippen LogP contribution in [-0.4, -0.2) is 50.4 Å². The zero-order valence-corrected chi connectivity index (χ0v) is 10.4. The highest BCUT2D eigenvalue weighted by molar-refractivity contribution is 6.13. The Morgan fingerprint density at radius 2 is 0.933 bits per heavy atom. The molecule has 0 heterocycles. The maximum absolute atomic E-state index is 9.10. The second-order valence-corrected chi connectivity index (χ2v) is 4.33. The van der Waals surface area contributed by atoms with Gasteiger partial charge in [-0.15, -0.1) is 0 Å². The van der Waals surface area contributed by atoms with Crippen molar-refractivity contribution in [3.8, 4) is 0 Å². The second-order valence-electron chi connectivity index (χ2n) is 4.33. The zero-order chi connectivity index (χ0) is 13.3. The number of hydrogen-bond acceptors (Lipinski definition) is 5. The SMILES string of the molecule is CC(C)(O)C(C)(C)O.CC(C)O.O[B]O. The van der Waals surface area contributed by atoms with E-state index in [-0.39, 0.29) is 13.8 Å². The van der Waals surface area contributed by atoms with Crippen molar-refractivity contribution in [3.05, 3.63) is 0 Å². The van der Waals surface area contributed by atoms with Crippen LogP contribution in [0, 0.1) is 0 Å². The van der Waals surface area contributed by atoms with E-state index in [2.05, 4.69) is 0 Å². The summed E-state index contributed by atoms with van der Waals surface area (Å²) in [4.78, 5) is 0. The van der Waals surface area contributed by atoms with E-state index in [1.807, 2.05) is 0 Å². The van der Waals surface area contributed by atoms with Gasteiger partial charge in [0.05, 0.1) is 11.2 Å². The van der Waals surface area contributed by atoms with Crippen molar-refractivity contribution in [3.63, 3.8) is 0 Å². The van der Waals surface area contributed by atoms with E-state index in [0.29, 0.717) is 0 Å². The highest BCUT2D eigenvalue weighted by atomic mass is 16.4. The summed E-state index contributed by atoms with van der Waals surface area (Å²) in [5.41, 5.74) is -2.01. The molecule has 0 unspecified atom stereocenters. The standard InChI is InChI=1S/C6H14O2.C3H8O.BH2O2/c1-5(2,7)6(3,4)8;1-3(2)4;2-1-3/h7-8H,1-4H3;3-4H,1-2H3;2-3H. The first-order chi connectivity index (χ1) is 6.40. The van der Waals surface area contributed by atoms with E-state index >= 15 is 0 Å². The lowest BCUT2D eigenvalue weighted by Gasteiger charge is -2.31. The molecule has 0 spiro atoms. The molecule has 0 saturated carbocycles. The molecule has 5 nitrogen and oxygen atoms in total. The number of rotatable bonds is 1. The Morgan fingerprint density at radius 1 is 0.867 bits per heavy atom. The summed E-state index contributed by atoms with van der Waals surface area (Å²) >= 11 is 0. The summed E-state index contributed by atoms with van der Waals surface area (Å²) in [6, 6.07) is 0. The summed E-state index contributed by atoms with van der Waals surface area (Å²) < 4.78 is 0. The number of aliphatic hydroxyl groups excluding tert-OH is 1. The van der Waals surface area contributed by atoms with Crippen molar-refractivity contribution in [2.75, 3.05) is 0 Å². The van der Waals surface area contributed by atoms with Crippen LogP contribution >= 0.6 is 0 Å². The minimum Gasteiger partial charge on any atom is -0.429 e. The van der Waals surface area contributed by atoms with Crippen molar-refractivity contribution in [2.45, 2.75) is 58.8 Å². The average Bonchev–Trinajstić information content (AvgIpc) is 1.81. The van der Waals surface area contributed by atoms with E-state index in [1.54, 1.807) is 41.5 Å². The van der Waals surface area contributed by atoms with Crippen LogP contribution in [0.5, 0.6) is 0 Å². The molecule has 5 N–H and O–H groups in total. The van der Waals surface area contributed by atoms with Crippen LogP contribution in [0.25, 0.3) is 0 Å². The second kappa shape index (κ2) is 9.12. The molecule has 0 rings (SSSR count). The Bertz CT molecular complexity index is 111. The van der Waals surface area contributed by atoms with Gasteiger partial charge in [0, 0.05) is 6.10 Å². The van der Waals surface area contributed by atoms with Gasteiger partial charge in [-0.05, 0) is 41.5 Å². The van der Waals surface area contributed by atoms with Crippen LogP contribution in [-0.2, 0) is 0 Å². The van der Waals surface area contributed by atoms with Crippen LogP contribution in [0.1, 0.15) is 41.5 Å². The van der Waals surface area contributed by atoms with Crippen molar-refractivity contribution in [2.24, 2.45) is 0 Å². The van der Waals surface area contributed by atoms with E-state index in [4.69, 9.17) is 25.4 Å². The smallest absolute Gasteiger partial charge is 0.429 e. The molecule has 1 radical (unpaired) electrons. The predicted molar refractivity (Wildman–Crippen MR) is 60.1 cm³/mol. The molecule has 0 bridgehead atoms. The molecule has 0 aliphatic carbocycles. The highest BCUT2D eigenvalue weighted by Crippen LogP contribution is 2.19. The minimum atomic E-state index is -1.01. The van der Waals surface area contributed by atoms with Crippen LogP contribution in [0.4, 0.5) is 0 Å². The fourth-order valence-electron chi connectivity index (χ4n) is 0. The first kappa shape index (κ1) is 20.3. The van der Waals surface area contributed by atoms with Gasteiger partial charge in [0.2, 0.25) is 0 Å². The molecule has 15 heavy (non-hydrogen) atoms. The molecule has 6 heteroatoms. The van der Waals surface area contributed by atoms with E-state index < -0.39 is 11.2 Å². The summed E-state index contributed by atoms with van der Waals surface area (Å²) in [6.07, 6.45) is -0.167. The van der Waals surface area contributed by atoms with E-state index in [1.165, 1.54) is 0 Å². The van der Waals surface area contributed by atoms with Crippen molar-refractivity contribution in [1.29, 1.82) is 0 Å². The maximum Gasteiger partial charge on any atom is 0.482 e. The third-order valence-electron chi connectivity index (χ3n) is 1.50. The van der Waals surface area contributed by atoms with Gasteiger partial charge in [0.1, 0.15) is 0 Å². The summed E-state index contributed by atoms with van der Waals surface area (Å²) in [6.45, 7) is 9.75. The van der Waals surface area contributed by atoms with Gasteiger partial charge < -0.3 is 25.4 Å². The molecular weight excluding hydrogens is 199 g/mol. The lowest BCUT2D eigenvalue weighted by molar-refractivity contribution is -0.107. The lowest BCUT2D eigenvalue weighted by Crippen LogP contribution is -2.44. The van der Waals surface area contributed by atoms with Gasteiger partial charge >= 0.3 is 7.69 Å². The first-order valence-corrected chi connectivity index (χ1v) is 4.63. The Hall–Kier alpha value is -0.135. The van der Waals surface area contributed by atoms with E-state index in [0.717, 1.165) is 0 Å². The molecular formula is C9H24BO5. The third kappa shape index (κ3) is 24.8. The van der Waals surface area contributed by atoms with Crippen LogP contribution in [0.15, 0.2) is 0 Å². The van der Waals surface area contributed by atoms with Gasteiger partial charge in [-0.25, -0.2) is 0 Å². The van der Waals surface area contributed by atoms with Crippen LogP contribution in [0.3, 0.4) is 0 Å². The fourth-order valence-corrected chi connectivity index (χ4v) is 0. The lowest BCUT2D eigenvalue weighted by atomic mass is 9.90. The normalized spacial score (nSPS) is 10.9. The van der Waals surface area contributed by atoms with Crippen LogP contribution < -0.4 is 0 Å². The molecule has 0 saturated heterocycles. The van der Waals surface area contributed by atoms with Crippen molar-refractivity contribution < 1.29 is 25.4 Å². The molecule has 0 aliphatic rings. The molecule has 0 fully saturated rings. The third-order valence-corrected chi connectivity index (χ3v) is 1.50. The Balaban J connectivity index is -0.000000173. The topological polar surface area (TPSA) is 101 Å². The van der Waals surface area contributed by atoms with Gasteiger partial charge in [0.25, 0.3) is 0 Å². The summed E-state index contributed by atoms with van der Waals surface area (Å²) in [5.74, 6) is 0. The molecule has 0 aliphatic heterocycles. The summed E-state index contributed by atoms with van der Waals surface area (Å²) in [7, 11) is 0. The number of aliphatic hydroxyl groups is 3. The zero-order valence-electron chi connectivity index (χ0n) is 10.4. The van der Waals surface area contributed by atoms with Crippen molar-refractivity contribution in [1.82, 2.24) is 0 Å². The largest absolute Gasteiger partial charge is 0.482 e. The minimum absolute atomic E-state index is 0. The fraction of sp³-hybridized carbons (Fsp3) is 1.00. The molecule has 93 valence electrons. The van der Waals surface area contributed by atoms with Gasteiger partial charge in [-0.3, -0.25) is 0 Å². The Morgan fingerprint density at radius 3 is 0.933 bits per heavy atom. The first-order valence-electron chi connectivity index (χ1n) is 4.63. The predicted octanol–water partition coefficient (Wildman–Crippen LogP) is -0.579. The number of hydrogen-bond donors (Lipinski definition) is 5. The molecule has 0 atom stereocenters. The molecule has 0 aromatic heterocycles. The summed E-state index contributed by atoms with van der Waals surface area (Å²) in [5, 5.41) is 40.3. The van der Waals surface area contributed by atoms with Gasteiger partial charge in [0.15, 0.2) is 0 Å². The highest BCUT2D eigenvalue weighted by Gasteiger charge is 2.31.